The van der Waals surface area contributed by atoms with E-state index in [1.165, 1.54) is 0 Å². The maximum absolute atomic E-state index is 11.3. The maximum atomic E-state index is 11.3. The normalized spacial score (nSPS) is 31.2. The number of rotatable bonds is 2. The lowest BCUT2D eigenvalue weighted by atomic mass is 9.52. The molecule has 4 nitrogen and oxygen atoms in total. The molecule has 0 aromatic heterocycles. The summed E-state index contributed by atoms with van der Waals surface area (Å²) in [5.41, 5.74) is -0.120. The fourth-order valence-corrected chi connectivity index (χ4v) is 4.45. The third kappa shape index (κ3) is 2.20. The van der Waals surface area contributed by atoms with Crippen LogP contribution in [-0.2, 0) is 18.6 Å². The molecule has 1 unspecified atom stereocenters. The van der Waals surface area contributed by atoms with E-state index in [4.69, 9.17) is 15.4 Å². The van der Waals surface area contributed by atoms with E-state index in [-0.39, 0.29) is 22.6 Å². The van der Waals surface area contributed by atoms with E-state index in [0.717, 1.165) is 12.8 Å². The first kappa shape index (κ1) is 12.2. The Kier molecular flexibility index (Phi) is 2.55. The second kappa shape index (κ2) is 3.35. The van der Waals surface area contributed by atoms with E-state index < -0.39 is 15.2 Å². The zero-order valence-corrected chi connectivity index (χ0v) is 10.9. The summed E-state index contributed by atoms with van der Waals surface area (Å²) in [7, 11) is 1.60. The molecule has 0 N–H and O–H groups in total. The van der Waals surface area contributed by atoms with E-state index >= 15 is 0 Å². The average molecular weight is 267 g/mol. The second-order valence-corrected chi connectivity index (χ2v) is 8.56. The van der Waals surface area contributed by atoms with Gasteiger partial charge in [0.15, 0.2) is 0 Å². The quantitative estimate of drug-likeness (QED) is 0.564. The highest BCUT2D eigenvalue weighted by Gasteiger charge is 2.60. The predicted molar refractivity (Wildman–Crippen MR) is 59.6 cm³/mol. The number of carbonyl (C=O) groups excluding carboxylic acids is 1. The van der Waals surface area contributed by atoms with Gasteiger partial charge in [-0.2, -0.15) is 0 Å². The highest BCUT2D eigenvalue weighted by Crippen LogP contribution is 2.61. The van der Waals surface area contributed by atoms with Gasteiger partial charge in [0, 0.05) is 16.1 Å². The molecule has 2 fully saturated rings. The largest absolute Gasteiger partial charge is 0.461 e. The topological polar surface area (TPSA) is 60.4 Å². The lowest BCUT2D eigenvalue weighted by Crippen LogP contribution is -2.49. The van der Waals surface area contributed by atoms with Gasteiger partial charge in [-0.15, -0.1) is 0 Å². The van der Waals surface area contributed by atoms with Crippen molar-refractivity contribution in [3.8, 4) is 0 Å². The van der Waals surface area contributed by atoms with Crippen molar-refractivity contribution in [1.82, 2.24) is 0 Å². The number of cyclic esters (lactones) is 1. The van der Waals surface area contributed by atoms with Gasteiger partial charge in [-0.1, -0.05) is 13.8 Å². The first-order valence-corrected chi connectivity index (χ1v) is 7.72. The monoisotopic (exact) mass is 266 g/mol. The number of ether oxygens (including phenoxy) is 1. The Bertz CT molecular complexity index is 418. The van der Waals surface area contributed by atoms with Gasteiger partial charge in [-0.3, -0.25) is 4.79 Å². The SMILES string of the molecule is CC1(C)CC2(CC(=O)OC2CS(=O)(=O)Cl)C1. The fourth-order valence-electron chi connectivity index (χ4n) is 3.33. The molecule has 0 bridgehead atoms. The molecular weight excluding hydrogens is 252 g/mol. The zero-order chi connectivity index (χ0) is 12.2. The summed E-state index contributed by atoms with van der Waals surface area (Å²) in [6, 6.07) is 0. The van der Waals surface area contributed by atoms with Crippen LogP contribution in [0.2, 0.25) is 0 Å². The van der Waals surface area contributed by atoms with Gasteiger partial charge in [-0.05, 0) is 18.3 Å². The molecule has 1 spiro atoms. The van der Waals surface area contributed by atoms with E-state index in [1.54, 1.807) is 0 Å². The minimum atomic E-state index is -3.62. The van der Waals surface area contributed by atoms with Crippen LogP contribution in [-0.4, -0.2) is 26.2 Å². The van der Waals surface area contributed by atoms with Crippen LogP contribution in [0.5, 0.6) is 0 Å². The van der Waals surface area contributed by atoms with Crippen LogP contribution in [0.3, 0.4) is 0 Å². The summed E-state index contributed by atoms with van der Waals surface area (Å²) in [5, 5.41) is 0. The molecule has 1 aliphatic carbocycles. The summed E-state index contributed by atoms with van der Waals surface area (Å²) < 4.78 is 27.2. The molecule has 0 aromatic carbocycles. The summed E-state index contributed by atoms with van der Waals surface area (Å²) in [6.45, 7) is 4.21. The zero-order valence-electron chi connectivity index (χ0n) is 9.32. The molecule has 0 radical (unpaired) electrons. The molecule has 92 valence electrons. The Morgan fingerprint density at radius 3 is 2.44 bits per heavy atom. The summed E-state index contributed by atoms with van der Waals surface area (Å²) >= 11 is 0. The third-order valence-electron chi connectivity index (χ3n) is 3.46. The first-order chi connectivity index (χ1) is 7.12. The van der Waals surface area contributed by atoms with Gasteiger partial charge in [0.2, 0.25) is 9.05 Å². The molecule has 1 saturated heterocycles. The number of hydrogen-bond donors (Lipinski definition) is 0. The Labute approximate surface area is 99.7 Å². The number of carbonyl (C=O) groups is 1. The Morgan fingerprint density at radius 2 is 2.00 bits per heavy atom. The highest BCUT2D eigenvalue weighted by molar-refractivity contribution is 8.13. The van der Waals surface area contributed by atoms with Gasteiger partial charge < -0.3 is 4.74 Å². The average Bonchev–Trinajstić information content (AvgIpc) is 2.20. The van der Waals surface area contributed by atoms with Crippen LogP contribution in [0, 0.1) is 10.8 Å². The molecular formula is C10H15ClO4S. The summed E-state index contributed by atoms with van der Waals surface area (Å²) in [5.74, 6) is -0.572. The van der Waals surface area contributed by atoms with Crippen LogP contribution >= 0.6 is 10.7 Å². The minimum absolute atomic E-state index is 0.169. The van der Waals surface area contributed by atoms with Crippen molar-refractivity contribution in [2.75, 3.05) is 5.75 Å². The molecule has 2 aliphatic rings. The molecule has 0 aromatic rings. The molecule has 1 aliphatic heterocycles. The Morgan fingerprint density at radius 1 is 1.44 bits per heavy atom. The molecule has 16 heavy (non-hydrogen) atoms. The minimum Gasteiger partial charge on any atom is -0.461 e. The molecule has 1 heterocycles. The number of hydrogen-bond acceptors (Lipinski definition) is 4. The number of halogens is 1. The molecule has 1 atom stereocenters. The first-order valence-electron chi connectivity index (χ1n) is 5.24. The van der Waals surface area contributed by atoms with Crippen molar-refractivity contribution in [2.24, 2.45) is 10.8 Å². The van der Waals surface area contributed by atoms with Crippen molar-refractivity contribution in [3.05, 3.63) is 0 Å². The van der Waals surface area contributed by atoms with Gasteiger partial charge in [0.05, 0.1) is 6.42 Å². The van der Waals surface area contributed by atoms with Crippen molar-refractivity contribution >= 4 is 25.7 Å². The lowest BCUT2D eigenvalue weighted by molar-refractivity contribution is -0.141. The van der Waals surface area contributed by atoms with Crippen LogP contribution in [0.15, 0.2) is 0 Å². The van der Waals surface area contributed by atoms with Crippen LogP contribution in [0.25, 0.3) is 0 Å². The maximum Gasteiger partial charge on any atom is 0.306 e. The second-order valence-electron chi connectivity index (χ2n) is 5.74. The Balaban J connectivity index is 2.16. The number of esters is 1. The predicted octanol–water partition coefficient (Wildman–Crippen LogP) is 1.68. The van der Waals surface area contributed by atoms with E-state index in [0.29, 0.717) is 6.42 Å². The van der Waals surface area contributed by atoms with Crippen molar-refractivity contribution in [2.45, 2.75) is 39.2 Å². The van der Waals surface area contributed by atoms with Crippen LogP contribution < -0.4 is 0 Å². The smallest absolute Gasteiger partial charge is 0.306 e. The van der Waals surface area contributed by atoms with E-state index in [1.807, 2.05) is 0 Å². The van der Waals surface area contributed by atoms with Gasteiger partial charge in [0.1, 0.15) is 11.9 Å². The fraction of sp³-hybridized carbons (Fsp3) is 0.900. The lowest BCUT2D eigenvalue weighted by Gasteiger charge is -2.52. The molecule has 2 rings (SSSR count). The van der Waals surface area contributed by atoms with E-state index in [9.17, 15) is 13.2 Å². The molecule has 1 saturated carbocycles. The van der Waals surface area contributed by atoms with Gasteiger partial charge >= 0.3 is 5.97 Å². The van der Waals surface area contributed by atoms with Crippen LogP contribution in [0.4, 0.5) is 0 Å². The highest BCUT2D eigenvalue weighted by atomic mass is 35.7. The van der Waals surface area contributed by atoms with Gasteiger partial charge in [0.25, 0.3) is 0 Å². The standard InChI is InChI=1S/C10H15ClO4S/c1-9(2)5-10(6-9)3-8(12)15-7(10)4-16(11,13)14/h7H,3-6H2,1-2H3. The molecule has 6 heteroatoms. The molecule has 0 amide bonds. The van der Waals surface area contributed by atoms with Crippen molar-refractivity contribution < 1.29 is 17.9 Å². The summed E-state index contributed by atoms with van der Waals surface area (Å²) in [4.78, 5) is 11.3. The van der Waals surface area contributed by atoms with Crippen molar-refractivity contribution in [1.29, 1.82) is 0 Å². The van der Waals surface area contributed by atoms with Crippen LogP contribution in [0.1, 0.15) is 33.1 Å². The van der Waals surface area contributed by atoms with Crippen molar-refractivity contribution in [3.63, 3.8) is 0 Å². The summed E-state index contributed by atoms with van der Waals surface area (Å²) in [6.07, 6.45) is 1.41. The van der Waals surface area contributed by atoms with Gasteiger partial charge in [-0.25, -0.2) is 8.42 Å². The van der Waals surface area contributed by atoms with E-state index in [2.05, 4.69) is 13.8 Å². The Hall–Kier alpha value is -0.290. The third-order valence-corrected chi connectivity index (χ3v) is 4.54.